The molecule has 1 amide bonds. The van der Waals surface area contributed by atoms with Crippen LogP contribution < -0.4 is 0 Å². The summed E-state index contributed by atoms with van der Waals surface area (Å²) >= 11 is 1.29. The summed E-state index contributed by atoms with van der Waals surface area (Å²) in [7, 11) is 0. The molecule has 0 bridgehead atoms. The zero-order chi connectivity index (χ0) is 13.8. The molecule has 0 radical (unpaired) electrons. The smallest absolute Gasteiger partial charge is 0.410 e. The number of carboxylic acid groups (broad SMARTS) is 1. The lowest BCUT2D eigenvalue weighted by atomic mass is 10.2. The molecule has 0 aliphatic carbocycles. The monoisotopic (exact) mass is 281 g/mol. The molecule has 0 saturated heterocycles. The Bertz CT molecular complexity index is 509. The van der Waals surface area contributed by atoms with Gasteiger partial charge in [0, 0.05) is 11.4 Å². The van der Waals surface area contributed by atoms with E-state index in [9.17, 15) is 9.59 Å². The number of amides is 1. The SMILES string of the molecule is C=CCOC(=O)N1CCCc2sc(C(=O)O)cc2C1. The summed E-state index contributed by atoms with van der Waals surface area (Å²) in [6.45, 7) is 4.72. The van der Waals surface area contributed by atoms with Crippen LogP contribution in [-0.2, 0) is 17.7 Å². The third-order valence-corrected chi connectivity index (χ3v) is 4.11. The first-order valence-electron chi connectivity index (χ1n) is 5.99. The van der Waals surface area contributed by atoms with Crippen LogP contribution in [0.15, 0.2) is 18.7 Å². The van der Waals surface area contributed by atoms with Crippen molar-refractivity contribution in [1.82, 2.24) is 4.90 Å². The zero-order valence-electron chi connectivity index (χ0n) is 10.4. The molecule has 6 heteroatoms. The van der Waals surface area contributed by atoms with E-state index >= 15 is 0 Å². The van der Waals surface area contributed by atoms with Gasteiger partial charge in [0.25, 0.3) is 0 Å². The maximum atomic E-state index is 11.8. The van der Waals surface area contributed by atoms with E-state index in [1.165, 1.54) is 17.4 Å². The van der Waals surface area contributed by atoms with Crippen LogP contribution in [0.5, 0.6) is 0 Å². The highest BCUT2D eigenvalue weighted by molar-refractivity contribution is 7.14. The van der Waals surface area contributed by atoms with Gasteiger partial charge in [0.15, 0.2) is 0 Å². The minimum atomic E-state index is -0.918. The zero-order valence-corrected chi connectivity index (χ0v) is 11.2. The summed E-state index contributed by atoms with van der Waals surface area (Å²) in [5.41, 5.74) is 0.912. The minimum absolute atomic E-state index is 0.187. The predicted molar refractivity (Wildman–Crippen MR) is 71.6 cm³/mol. The third kappa shape index (κ3) is 3.14. The van der Waals surface area contributed by atoms with E-state index in [1.807, 2.05) is 0 Å². The minimum Gasteiger partial charge on any atom is -0.477 e. The van der Waals surface area contributed by atoms with Gasteiger partial charge in [-0.15, -0.1) is 11.3 Å². The topological polar surface area (TPSA) is 66.8 Å². The van der Waals surface area contributed by atoms with E-state index in [-0.39, 0.29) is 12.7 Å². The number of carbonyl (C=O) groups is 2. The van der Waals surface area contributed by atoms with E-state index < -0.39 is 5.97 Å². The molecule has 2 rings (SSSR count). The standard InChI is InChI=1S/C13H15NO4S/c1-2-6-18-13(17)14-5-3-4-10-9(8-14)7-11(19-10)12(15)16/h2,7H,1,3-6,8H2,(H,15,16). The highest BCUT2D eigenvalue weighted by Gasteiger charge is 2.23. The summed E-state index contributed by atoms with van der Waals surface area (Å²) in [5.74, 6) is -0.918. The number of aryl methyl sites for hydroxylation is 1. The first-order valence-corrected chi connectivity index (χ1v) is 6.81. The largest absolute Gasteiger partial charge is 0.477 e. The maximum absolute atomic E-state index is 11.8. The molecule has 0 unspecified atom stereocenters. The molecule has 1 aliphatic heterocycles. The summed E-state index contributed by atoms with van der Waals surface area (Å²) < 4.78 is 5.01. The van der Waals surface area contributed by atoms with Crippen LogP contribution in [0.2, 0.25) is 0 Å². The number of hydrogen-bond donors (Lipinski definition) is 1. The van der Waals surface area contributed by atoms with E-state index in [2.05, 4.69) is 6.58 Å². The molecule has 0 saturated carbocycles. The molecule has 1 aromatic rings. The molecule has 0 fully saturated rings. The second kappa shape index (κ2) is 5.88. The lowest BCUT2D eigenvalue weighted by molar-refractivity contribution is 0.0702. The number of ether oxygens (including phenoxy) is 1. The first-order chi connectivity index (χ1) is 9.11. The molecule has 102 valence electrons. The van der Waals surface area contributed by atoms with Gasteiger partial charge in [0.05, 0.1) is 6.54 Å². The Kier molecular flexibility index (Phi) is 4.21. The second-order valence-electron chi connectivity index (χ2n) is 4.25. The lowest BCUT2D eigenvalue weighted by Gasteiger charge is -2.19. The molecule has 1 aliphatic rings. The van der Waals surface area contributed by atoms with Crippen molar-refractivity contribution in [3.8, 4) is 0 Å². The number of carbonyl (C=O) groups excluding carboxylic acids is 1. The molecule has 2 heterocycles. The number of carboxylic acids is 1. The Labute approximate surface area is 115 Å². The van der Waals surface area contributed by atoms with Gasteiger partial charge in [0.1, 0.15) is 11.5 Å². The molecule has 0 spiro atoms. The van der Waals surface area contributed by atoms with Crippen molar-refractivity contribution in [2.45, 2.75) is 19.4 Å². The quantitative estimate of drug-likeness (QED) is 0.864. The molecule has 19 heavy (non-hydrogen) atoms. The van der Waals surface area contributed by atoms with Crippen molar-refractivity contribution in [2.24, 2.45) is 0 Å². The van der Waals surface area contributed by atoms with Crippen molar-refractivity contribution in [3.63, 3.8) is 0 Å². The normalized spacial score (nSPS) is 14.4. The van der Waals surface area contributed by atoms with Crippen LogP contribution in [0.4, 0.5) is 4.79 Å². The van der Waals surface area contributed by atoms with E-state index in [0.717, 1.165) is 23.3 Å². The van der Waals surface area contributed by atoms with Crippen LogP contribution in [0, 0.1) is 0 Å². The average Bonchev–Trinajstić information content (AvgIpc) is 2.68. The number of nitrogens with zero attached hydrogens (tertiary/aromatic N) is 1. The van der Waals surface area contributed by atoms with E-state index in [1.54, 1.807) is 11.0 Å². The Morgan fingerprint density at radius 3 is 3.05 bits per heavy atom. The Morgan fingerprint density at radius 2 is 2.37 bits per heavy atom. The van der Waals surface area contributed by atoms with Gasteiger partial charge < -0.3 is 14.7 Å². The highest BCUT2D eigenvalue weighted by Crippen LogP contribution is 2.28. The molecule has 0 aromatic carbocycles. The van der Waals surface area contributed by atoms with Crippen LogP contribution in [0.3, 0.4) is 0 Å². The van der Waals surface area contributed by atoms with Gasteiger partial charge in [-0.2, -0.15) is 0 Å². The van der Waals surface area contributed by atoms with Crippen LogP contribution in [0.25, 0.3) is 0 Å². The first kappa shape index (κ1) is 13.6. The van der Waals surface area contributed by atoms with Crippen molar-refractivity contribution in [3.05, 3.63) is 34.0 Å². The molecular formula is C13H15NO4S. The highest BCUT2D eigenvalue weighted by atomic mass is 32.1. The number of fused-ring (bicyclic) bond motifs is 1. The molecule has 1 aromatic heterocycles. The van der Waals surface area contributed by atoms with Crippen LogP contribution in [0.1, 0.15) is 26.5 Å². The van der Waals surface area contributed by atoms with Gasteiger partial charge in [0.2, 0.25) is 0 Å². The predicted octanol–water partition coefficient (Wildman–Crippen LogP) is 2.52. The number of rotatable bonds is 3. The number of hydrogen-bond acceptors (Lipinski definition) is 4. The van der Waals surface area contributed by atoms with Crippen molar-refractivity contribution in [2.75, 3.05) is 13.2 Å². The van der Waals surface area contributed by atoms with Gasteiger partial charge in [-0.1, -0.05) is 12.7 Å². The molecule has 5 nitrogen and oxygen atoms in total. The summed E-state index contributed by atoms with van der Waals surface area (Å²) in [6, 6.07) is 1.65. The summed E-state index contributed by atoms with van der Waals surface area (Å²) in [6.07, 6.45) is 2.76. The summed E-state index contributed by atoms with van der Waals surface area (Å²) in [5, 5.41) is 8.99. The number of thiophene rings is 1. The summed E-state index contributed by atoms with van der Waals surface area (Å²) in [4.78, 5) is 25.7. The average molecular weight is 281 g/mol. The van der Waals surface area contributed by atoms with Crippen molar-refractivity contribution >= 4 is 23.4 Å². The maximum Gasteiger partial charge on any atom is 0.410 e. The number of aromatic carboxylic acids is 1. The van der Waals surface area contributed by atoms with E-state index in [0.29, 0.717) is 18.0 Å². The molecule has 0 atom stereocenters. The van der Waals surface area contributed by atoms with Gasteiger partial charge >= 0.3 is 12.1 Å². The third-order valence-electron chi connectivity index (χ3n) is 2.88. The molecular weight excluding hydrogens is 266 g/mol. The fraction of sp³-hybridized carbons (Fsp3) is 0.385. The Morgan fingerprint density at radius 1 is 1.58 bits per heavy atom. The van der Waals surface area contributed by atoms with Gasteiger partial charge in [-0.25, -0.2) is 9.59 Å². The van der Waals surface area contributed by atoms with Gasteiger partial charge in [-0.3, -0.25) is 0 Å². The van der Waals surface area contributed by atoms with Gasteiger partial charge in [-0.05, 0) is 24.5 Å². The lowest BCUT2D eigenvalue weighted by Crippen LogP contribution is -2.31. The fourth-order valence-electron chi connectivity index (χ4n) is 2.01. The molecule has 1 N–H and O–H groups in total. The van der Waals surface area contributed by atoms with Crippen molar-refractivity contribution < 1.29 is 19.4 Å². The Hall–Kier alpha value is -1.82. The fourth-order valence-corrected chi connectivity index (χ4v) is 3.06. The van der Waals surface area contributed by atoms with Crippen LogP contribution >= 0.6 is 11.3 Å². The van der Waals surface area contributed by atoms with Crippen molar-refractivity contribution in [1.29, 1.82) is 0 Å². The van der Waals surface area contributed by atoms with E-state index in [4.69, 9.17) is 9.84 Å². The van der Waals surface area contributed by atoms with Crippen LogP contribution in [-0.4, -0.2) is 35.2 Å². The Balaban J connectivity index is 2.12. The second-order valence-corrected chi connectivity index (χ2v) is 5.39.